The van der Waals surface area contributed by atoms with Crippen LogP contribution in [0.1, 0.15) is 5.56 Å². The molecule has 21 heavy (non-hydrogen) atoms. The van der Waals surface area contributed by atoms with Crippen molar-refractivity contribution in [3.8, 4) is 11.5 Å². The molecule has 1 fully saturated rings. The number of rotatable bonds is 6. The SMILES string of the molecule is COc1cc(CN2CCN(CCO)CC2)cc(N)c1OC. The lowest BCUT2D eigenvalue weighted by molar-refractivity contribution is 0.108. The Hall–Kier alpha value is -1.50. The van der Waals surface area contributed by atoms with Gasteiger partial charge >= 0.3 is 0 Å². The van der Waals surface area contributed by atoms with Gasteiger partial charge in [0.2, 0.25) is 0 Å². The Morgan fingerprint density at radius 1 is 1.10 bits per heavy atom. The van der Waals surface area contributed by atoms with Crippen molar-refractivity contribution in [1.82, 2.24) is 9.80 Å². The number of methoxy groups -OCH3 is 2. The van der Waals surface area contributed by atoms with E-state index in [9.17, 15) is 0 Å². The highest BCUT2D eigenvalue weighted by molar-refractivity contribution is 5.62. The van der Waals surface area contributed by atoms with Gasteiger partial charge in [0.25, 0.3) is 0 Å². The molecule has 2 rings (SSSR count). The molecular formula is C15H25N3O3. The molecular weight excluding hydrogens is 270 g/mol. The Labute approximate surface area is 126 Å². The van der Waals surface area contributed by atoms with Crippen LogP contribution in [0.2, 0.25) is 0 Å². The molecule has 0 amide bonds. The van der Waals surface area contributed by atoms with Crippen molar-refractivity contribution in [2.75, 3.05) is 59.3 Å². The first-order valence-electron chi connectivity index (χ1n) is 7.24. The quantitative estimate of drug-likeness (QED) is 0.740. The van der Waals surface area contributed by atoms with Crippen molar-refractivity contribution < 1.29 is 14.6 Å². The van der Waals surface area contributed by atoms with E-state index in [1.165, 1.54) is 0 Å². The zero-order valence-electron chi connectivity index (χ0n) is 12.8. The average molecular weight is 295 g/mol. The smallest absolute Gasteiger partial charge is 0.183 e. The van der Waals surface area contributed by atoms with Crippen LogP contribution in [0.3, 0.4) is 0 Å². The third kappa shape index (κ3) is 4.00. The minimum Gasteiger partial charge on any atom is -0.493 e. The highest BCUT2D eigenvalue weighted by atomic mass is 16.5. The van der Waals surface area contributed by atoms with Crippen LogP contribution in [0.25, 0.3) is 0 Å². The number of ether oxygens (including phenoxy) is 2. The normalized spacial score (nSPS) is 16.9. The molecule has 0 bridgehead atoms. The summed E-state index contributed by atoms with van der Waals surface area (Å²) < 4.78 is 10.6. The number of β-amino-alcohol motifs (C(OH)–C–C–N with tert-alkyl or cyclic N) is 1. The summed E-state index contributed by atoms with van der Waals surface area (Å²) in [5.41, 5.74) is 7.74. The van der Waals surface area contributed by atoms with Gasteiger partial charge in [-0.2, -0.15) is 0 Å². The van der Waals surface area contributed by atoms with Gasteiger partial charge in [-0.05, 0) is 17.7 Å². The van der Waals surface area contributed by atoms with Crippen LogP contribution in [0.4, 0.5) is 5.69 Å². The van der Waals surface area contributed by atoms with Crippen molar-refractivity contribution in [2.24, 2.45) is 0 Å². The average Bonchev–Trinajstić information content (AvgIpc) is 2.49. The van der Waals surface area contributed by atoms with Crippen LogP contribution in [-0.4, -0.2) is 68.5 Å². The van der Waals surface area contributed by atoms with Gasteiger partial charge in [0, 0.05) is 39.3 Å². The summed E-state index contributed by atoms with van der Waals surface area (Å²) in [6.45, 7) is 5.80. The Kier molecular flexibility index (Phi) is 5.67. The second-order valence-corrected chi connectivity index (χ2v) is 5.26. The zero-order valence-corrected chi connectivity index (χ0v) is 12.8. The summed E-state index contributed by atoms with van der Waals surface area (Å²) >= 11 is 0. The van der Waals surface area contributed by atoms with E-state index in [1.807, 2.05) is 12.1 Å². The summed E-state index contributed by atoms with van der Waals surface area (Å²) in [6, 6.07) is 3.93. The fourth-order valence-corrected chi connectivity index (χ4v) is 2.72. The Bertz CT molecular complexity index is 460. The summed E-state index contributed by atoms with van der Waals surface area (Å²) in [7, 11) is 3.21. The molecule has 1 aromatic rings. The summed E-state index contributed by atoms with van der Waals surface area (Å²) in [5, 5.41) is 8.96. The Balaban J connectivity index is 1.99. The number of piperazine rings is 1. The molecule has 6 nitrogen and oxygen atoms in total. The van der Waals surface area contributed by atoms with E-state index in [2.05, 4.69) is 9.80 Å². The Morgan fingerprint density at radius 2 is 1.76 bits per heavy atom. The van der Waals surface area contributed by atoms with Crippen LogP contribution in [0, 0.1) is 0 Å². The minimum absolute atomic E-state index is 0.228. The topological polar surface area (TPSA) is 71.2 Å². The fourth-order valence-electron chi connectivity index (χ4n) is 2.72. The van der Waals surface area contributed by atoms with Crippen LogP contribution >= 0.6 is 0 Å². The molecule has 0 saturated carbocycles. The molecule has 3 N–H and O–H groups in total. The summed E-state index contributed by atoms with van der Waals surface area (Å²) in [4.78, 5) is 4.66. The van der Waals surface area contributed by atoms with Crippen LogP contribution < -0.4 is 15.2 Å². The molecule has 0 aromatic heterocycles. The van der Waals surface area contributed by atoms with Gasteiger partial charge < -0.3 is 20.3 Å². The maximum atomic E-state index is 8.96. The van der Waals surface area contributed by atoms with E-state index in [0.29, 0.717) is 17.2 Å². The lowest BCUT2D eigenvalue weighted by Crippen LogP contribution is -2.46. The number of hydrogen-bond acceptors (Lipinski definition) is 6. The lowest BCUT2D eigenvalue weighted by Gasteiger charge is -2.34. The number of aliphatic hydroxyl groups is 1. The number of hydrogen-bond donors (Lipinski definition) is 2. The van der Waals surface area contributed by atoms with Crippen molar-refractivity contribution in [3.05, 3.63) is 17.7 Å². The predicted octanol–water partition coefficient (Wildman–Crippen LogP) is 0.396. The van der Waals surface area contributed by atoms with Gasteiger partial charge in [-0.15, -0.1) is 0 Å². The largest absolute Gasteiger partial charge is 0.493 e. The molecule has 0 aliphatic carbocycles. The van der Waals surface area contributed by atoms with Gasteiger partial charge in [0.15, 0.2) is 11.5 Å². The number of nitrogen functional groups attached to an aromatic ring is 1. The number of benzene rings is 1. The summed E-state index contributed by atoms with van der Waals surface area (Å²) in [6.07, 6.45) is 0. The highest BCUT2D eigenvalue weighted by Gasteiger charge is 2.18. The first-order chi connectivity index (χ1) is 10.2. The molecule has 1 aromatic carbocycles. The van der Waals surface area contributed by atoms with Gasteiger partial charge in [-0.25, -0.2) is 0 Å². The molecule has 1 aliphatic heterocycles. The second-order valence-electron chi connectivity index (χ2n) is 5.26. The molecule has 0 spiro atoms. The maximum absolute atomic E-state index is 8.96. The summed E-state index contributed by atoms with van der Waals surface area (Å²) in [5.74, 6) is 1.26. The Morgan fingerprint density at radius 3 is 2.33 bits per heavy atom. The van der Waals surface area contributed by atoms with Gasteiger partial charge in [0.1, 0.15) is 0 Å². The van der Waals surface area contributed by atoms with E-state index < -0.39 is 0 Å². The van der Waals surface area contributed by atoms with Gasteiger partial charge in [0.05, 0.1) is 26.5 Å². The lowest BCUT2D eigenvalue weighted by atomic mass is 10.1. The second kappa shape index (κ2) is 7.49. The van der Waals surface area contributed by atoms with E-state index in [0.717, 1.165) is 44.8 Å². The van der Waals surface area contributed by atoms with E-state index in [1.54, 1.807) is 14.2 Å². The predicted molar refractivity (Wildman–Crippen MR) is 82.8 cm³/mol. The molecule has 1 heterocycles. The molecule has 1 saturated heterocycles. The van der Waals surface area contributed by atoms with E-state index in [4.69, 9.17) is 20.3 Å². The number of nitrogens with two attached hydrogens (primary N) is 1. The van der Waals surface area contributed by atoms with Crippen LogP contribution in [-0.2, 0) is 6.54 Å². The number of aliphatic hydroxyl groups excluding tert-OH is 1. The fraction of sp³-hybridized carbons (Fsp3) is 0.600. The molecule has 0 atom stereocenters. The first kappa shape index (κ1) is 15.9. The third-order valence-electron chi connectivity index (χ3n) is 3.85. The molecule has 0 radical (unpaired) electrons. The van der Waals surface area contributed by atoms with Crippen molar-refractivity contribution in [2.45, 2.75) is 6.54 Å². The van der Waals surface area contributed by atoms with E-state index in [-0.39, 0.29) is 6.61 Å². The maximum Gasteiger partial charge on any atom is 0.183 e. The van der Waals surface area contributed by atoms with Crippen molar-refractivity contribution in [3.63, 3.8) is 0 Å². The molecule has 0 unspecified atom stereocenters. The third-order valence-corrected chi connectivity index (χ3v) is 3.85. The number of anilines is 1. The molecule has 6 heteroatoms. The molecule has 1 aliphatic rings. The van der Waals surface area contributed by atoms with Crippen LogP contribution in [0.15, 0.2) is 12.1 Å². The minimum atomic E-state index is 0.228. The first-order valence-corrected chi connectivity index (χ1v) is 7.24. The zero-order chi connectivity index (χ0) is 15.2. The van der Waals surface area contributed by atoms with E-state index >= 15 is 0 Å². The molecule has 118 valence electrons. The number of nitrogens with zero attached hydrogens (tertiary/aromatic N) is 2. The standard InChI is InChI=1S/C15H25N3O3/c1-20-14-10-12(9-13(16)15(14)21-2)11-18-5-3-17(4-6-18)7-8-19/h9-10,19H,3-8,11,16H2,1-2H3. The van der Waals surface area contributed by atoms with Gasteiger partial charge in [-0.3, -0.25) is 9.80 Å². The van der Waals surface area contributed by atoms with Crippen LogP contribution in [0.5, 0.6) is 11.5 Å². The van der Waals surface area contributed by atoms with Gasteiger partial charge in [-0.1, -0.05) is 0 Å². The van der Waals surface area contributed by atoms with Crippen molar-refractivity contribution >= 4 is 5.69 Å². The van der Waals surface area contributed by atoms with Crippen molar-refractivity contribution in [1.29, 1.82) is 0 Å². The highest BCUT2D eigenvalue weighted by Crippen LogP contribution is 2.34. The monoisotopic (exact) mass is 295 g/mol.